The molecule has 0 aliphatic carbocycles. The van der Waals surface area contributed by atoms with Crippen LogP contribution in [0, 0.1) is 0 Å². The van der Waals surface area contributed by atoms with Gasteiger partial charge >= 0.3 is 0 Å². The monoisotopic (exact) mass is 319 g/mol. The summed E-state index contributed by atoms with van der Waals surface area (Å²) in [6.07, 6.45) is 1.54. The molecule has 2 aromatic rings. The lowest BCUT2D eigenvalue weighted by Gasteiger charge is -2.33. The Morgan fingerprint density at radius 1 is 1.24 bits per heavy atom. The summed E-state index contributed by atoms with van der Waals surface area (Å²) in [5, 5.41) is 3.98. The molecule has 0 spiro atoms. The first-order valence-corrected chi connectivity index (χ1v) is 8.85. The predicted octanol–water partition coefficient (Wildman–Crippen LogP) is 3.92. The fourth-order valence-electron chi connectivity index (χ4n) is 2.77. The first-order chi connectivity index (χ1) is 10.2. The normalized spacial score (nSPS) is 17.6. The van der Waals surface area contributed by atoms with Crippen molar-refractivity contribution in [1.29, 1.82) is 0 Å². The third-order valence-electron chi connectivity index (χ3n) is 3.96. The lowest BCUT2D eigenvalue weighted by atomic mass is 10.0. The molecular formula is C16H17NO2S2. The van der Waals surface area contributed by atoms with Crippen molar-refractivity contribution in [2.24, 2.45) is 0 Å². The molecule has 0 bridgehead atoms. The number of hydrogen-bond acceptors (Lipinski definition) is 4. The van der Waals surface area contributed by atoms with Gasteiger partial charge in [0.25, 0.3) is 0 Å². The second-order valence-electron chi connectivity index (χ2n) is 5.21. The Balaban J connectivity index is 1.60. The first kappa shape index (κ1) is 14.5. The SMILES string of the molecule is CC1c2ccsc2CCN1C(=O)CCC(=O)c1cccs1. The molecule has 0 radical (unpaired) electrons. The smallest absolute Gasteiger partial charge is 0.223 e. The lowest BCUT2D eigenvalue weighted by molar-refractivity contribution is -0.133. The van der Waals surface area contributed by atoms with Crippen molar-refractivity contribution in [2.75, 3.05) is 6.54 Å². The van der Waals surface area contributed by atoms with E-state index in [2.05, 4.69) is 18.4 Å². The predicted molar refractivity (Wildman–Crippen MR) is 86.0 cm³/mol. The van der Waals surface area contributed by atoms with Crippen molar-refractivity contribution in [2.45, 2.75) is 32.2 Å². The highest BCUT2D eigenvalue weighted by molar-refractivity contribution is 7.12. The van der Waals surface area contributed by atoms with Gasteiger partial charge in [0.1, 0.15) is 0 Å². The number of amides is 1. The van der Waals surface area contributed by atoms with E-state index in [1.165, 1.54) is 21.8 Å². The van der Waals surface area contributed by atoms with E-state index in [9.17, 15) is 9.59 Å². The summed E-state index contributed by atoms with van der Waals surface area (Å²) in [4.78, 5) is 28.4. The zero-order chi connectivity index (χ0) is 14.8. The van der Waals surface area contributed by atoms with Crippen LogP contribution in [0.1, 0.15) is 45.9 Å². The molecule has 0 saturated heterocycles. The average Bonchev–Trinajstić information content (AvgIpc) is 3.15. The number of thiophene rings is 2. The Labute approximate surface area is 132 Å². The summed E-state index contributed by atoms with van der Waals surface area (Å²) in [5.41, 5.74) is 1.27. The standard InChI is InChI=1S/C16H17NO2S2/c1-11-12-7-10-21-14(12)6-8-17(11)16(19)5-4-13(18)15-3-2-9-20-15/h2-3,7,9-11H,4-6,8H2,1H3. The molecule has 1 unspecified atom stereocenters. The van der Waals surface area contributed by atoms with E-state index in [0.717, 1.165) is 17.8 Å². The molecule has 1 aliphatic heterocycles. The van der Waals surface area contributed by atoms with E-state index < -0.39 is 0 Å². The van der Waals surface area contributed by atoms with Crippen LogP contribution in [0.5, 0.6) is 0 Å². The van der Waals surface area contributed by atoms with Crippen molar-refractivity contribution in [1.82, 2.24) is 4.90 Å². The van der Waals surface area contributed by atoms with Gasteiger partial charge in [0, 0.05) is 24.3 Å². The Kier molecular flexibility index (Phi) is 4.22. The number of hydrogen-bond donors (Lipinski definition) is 0. The summed E-state index contributed by atoms with van der Waals surface area (Å²) >= 11 is 3.21. The highest BCUT2D eigenvalue weighted by Crippen LogP contribution is 2.33. The van der Waals surface area contributed by atoms with E-state index >= 15 is 0 Å². The van der Waals surface area contributed by atoms with Crippen molar-refractivity contribution in [3.63, 3.8) is 0 Å². The van der Waals surface area contributed by atoms with E-state index in [1.807, 2.05) is 22.4 Å². The summed E-state index contributed by atoms with van der Waals surface area (Å²) in [6, 6.07) is 5.92. The molecule has 0 N–H and O–H groups in total. The Morgan fingerprint density at radius 2 is 2.10 bits per heavy atom. The van der Waals surface area contributed by atoms with Gasteiger partial charge in [-0.25, -0.2) is 0 Å². The van der Waals surface area contributed by atoms with Gasteiger partial charge in [-0.15, -0.1) is 22.7 Å². The zero-order valence-electron chi connectivity index (χ0n) is 11.9. The molecule has 1 atom stereocenters. The topological polar surface area (TPSA) is 37.4 Å². The number of ketones is 1. The van der Waals surface area contributed by atoms with Crippen molar-refractivity contribution in [3.8, 4) is 0 Å². The molecule has 0 aromatic carbocycles. The van der Waals surface area contributed by atoms with Gasteiger partial charge in [0.15, 0.2) is 5.78 Å². The molecule has 0 fully saturated rings. The molecule has 2 aromatic heterocycles. The van der Waals surface area contributed by atoms with Crippen molar-refractivity contribution >= 4 is 34.4 Å². The molecule has 21 heavy (non-hydrogen) atoms. The zero-order valence-corrected chi connectivity index (χ0v) is 13.5. The van der Waals surface area contributed by atoms with Crippen LogP contribution in [0.15, 0.2) is 29.0 Å². The van der Waals surface area contributed by atoms with Crippen LogP contribution in [0.3, 0.4) is 0 Å². The largest absolute Gasteiger partial charge is 0.336 e. The third kappa shape index (κ3) is 2.94. The van der Waals surface area contributed by atoms with Gasteiger partial charge in [-0.2, -0.15) is 0 Å². The average molecular weight is 319 g/mol. The van der Waals surface area contributed by atoms with Crippen molar-refractivity contribution < 1.29 is 9.59 Å². The van der Waals surface area contributed by atoms with E-state index in [1.54, 1.807) is 11.3 Å². The molecule has 3 rings (SSSR count). The first-order valence-electron chi connectivity index (χ1n) is 7.09. The highest BCUT2D eigenvalue weighted by Gasteiger charge is 2.28. The second-order valence-corrected chi connectivity index (χ2v) is 7.16. The van der Waals surface area contributed by atoms with Crippen LogP contribution >= 0.6 is 22.7 Å². The van der Waals surface area contributed by atoms with Crippen LogP contribution in [-0.2, 0) is 11.2 Å². The maximum absolute atomic E-state index is 12.4. The number of carbonyl (C=O) groups excluding carboxylic acids is 2. The minimum atomic E-state index is 0.0687. The van der Waals surface area contributed by atoms with Crippen LogP contribution < -0.4 is 0 Å². The maximum atomic E-state index is 12.4. The van der Waals surface area contributed by atoms with Gasteiger partial charge in [0.05, 0.1) is 10.9 Å². The molecule has 3 heterocycles. The third-order valence-corrected chi connectivity index (χ3v) is 5.87. The minimum absolute atomic E-state index is 0.0687. The van der Waals surface area contributed by atoms with Crippen LogP contribution in [0.4, 0.5) is 0 Å². The minimum Gasteiger partial charge on any atom is -0.336 e. The molecular weight excluding hydrogens is 302 g/mol. The number of rotatable bonds is 4. The Bertz CT molecular complexity index is 645. The molecule has 1 aliphatic rings. The van der Waals surface area contributed by atoms with Crippen molar-refractivity contribution in [3.05, 3.63) is 44.3 Å². The quantitative estimate of drug-likeness (QED) is 0.801. The van der Waals surface area contributed by atoms with E-state index in [4.69, 9.17) is 0 Å². The Morgan fingerprint density at radius 3 is 2.86 bits per heavy atom. The fourth-order valence-corrected chi connectivity index (χ4v) is 4.43. The van der Waals surface area contributed by atoms with Gasteiger partial charge in [-0.3, -0.25) is 9.59 Å². The molecule has 3 nitrogen and oxygen atoms in total. The molecule has 0 saturated carbocycles. The number of carbonyl (C=O) groups is 2. The Hall–Kier alpha value is -1.46. The summed E-state index contributed by atoms with van der Waals surface area (Å²) in [7, 11) is 0. The van der Waals surface area contributed by atoms with Gasteiger partial charge in [-0.05, 0) is 41.8 Å². The summed E-state index contributed by atoms with van der Waals surface area (Å²) in [5.74, 6) is 0.156. The van der Waals surface area contributed by atoms with Crippen LogP contribution in [0.2, 0.25) is 0 Å². The van der Waals surface area contributed by atoms with Crippen LogP contribution in [-0.4, -0.2) is 23.1 Å². The fraction of sp³-hybridized carbons (Fsp3) is 0.375. The summed E-state index contributed by atoms with van der Waals surface area (Å²) < 4.78 is 0. The lowest BCUT2D eigenvalue weighted by Crippen LogP contribution is -2.38. The summed E-state index contributed by atoms with van der Waals surface area (Å²) in [6.45, 7) is 2.84. The molecule has 110 valence electrons. The second kappa shape index (κ2) is 6.12. The number of fused-ring (bicyclic) bond motifs is 1. The number of Topliss-reactive ketones (excluding diaryl/α,β-unsaturated/α-hetero) is 1. The molecule has 5 heteroatoms. The van der Waals surface area contributed by atoms with Gasteiger partial charge < -0.3 is 4.90 Å². The van der Waals surface area contributed by atoms with Gasteiger partial charge in [-0.1, -0.05) is 6.07 Å². The van der Waals surface area contributed by atoms with E-state index in [0.29, 0.717) is 12.8 Å². The van der Waals surface area contributed by atoms with E-state index in [-0.39, 0.29) is 17.7 Å². The maximum Gasteiger partial charge on any atom is 0.223 e. The van der Waals surface area contributed by atoms with Gasteiger partial charge in [0.2, 0.25) is 5.91 Å². The molecule has 1 amide bonds. The van der Waals surface area contributed by atoms with Crippen LogP contribution in [0.25, 0.3) is 0 Å². The number of nitrogens with zero attached hydrogens (tertiary/aromatic N) is 1. The highest BCUT2D eigenvalue weighted by atomic mass is 32.1.